The molecule has 0 fully saturated rings. The SMILES string of the molecule is CC(C)COc1ccc(CNc2ccccc2Cl)cc1. The summed E-state index contributed by atoms with van der Waals surface area (Å²) in [5, 5.41) is 4.07. The Bertz CT molecular complexity index is 537. The highest BCUT2D eigenvalue weighted by molar-refractivity contribution is 6.33. The highest BCUT2D eigenvalue weighted by Gasteiger charge is 2.00. The summed E-state index contributed by atoms with van der Waals surface area (Å²) < 4.78 is 5.66. The van der Waals surface area contributed by atoms with Gasteiger partial charge < -0.3 is 10.1 Å². The van der Waals surface area contributed by atoms with E-state index < -0.39 is 0 Å². The van der Waals surface area contributed by atoms with Crippen molar-refractivity contribution < 1.29 is 4.74 Å². The van der Waals surface area contributed by atoms with Crippen LogP contribution in [-0.2, 0) is 6.54 Å². The number of rotatable bonds is 6. The summed E-state index contributed by atoms with van der Waals surface area (Å²) in [5.41, 5.74) is 2.15. The average molecular weight is 290 g/mol. The van der Waals surface area contributed by atoms with Crippen LogP contribution in [0, 0.1) is 5.92 Å². The summed E-state index contributed by atoms with van der Waals surface area (Å²) in [6.45, 7) is 5.77. The predicted octanol–water partition coefficient (Wildman–Crippen LogP) is 4.99. The molecule has 20 heavy (non-hydrogen) atoms. The van der Waals surface area contributed by atoms with E-state index in [0.717, 1.165) is 29.6 Å². The molecule has 0 unspecified atom stereocenters. The third kappa shape index (κ3) is 4.46. The van der Waals surface area contributed by atoms with Gasteiger partial charge in [-0.25, -0.2) is 0 Å². The largest absolute Gasteiger partial charge is 0.493 e. The molecule has 2 aromatic rings. The molecule has 2 nitrogen and oxygen atoms in total. The van der Waals surface area contributed by atoms with Crippen molar-refractivity contribution in [3.05, 3.63) is 59.1 Å². The number of ether oxygens (including phenoxy) is 1. The maximum absolute atomic E-state index is 6.10. The fourth-order valence-corrected chi connectivity index (χ4v) is 1.97. The Morgan fingerprint density at radius 3 is 2.40 bits per heavy atom. The first-order chi connectivity index (χ1) is 9.65. The Hall–Kier alpha value is -1.67. The number of halogens is 1. The quantitative estimate of drug-likeness (QED) is 0.809. The normalized spacial score (nSPS) is 10.6. The molecule has 0 saturated heterocycles. The summed E-state index contributed by atoms with van der Waals surface area (Å²) in [5.74, 6) is 1.46. The molecule has 3 heteroatoms. The van der Waals surface area contributed by atoms with E-state index >= 15 is 0 Å². The van der Waals surface area contributed by atoms with Gasteiger partial charge in [0.25, 0.3) is 0 Å². The first kappa shape index (κ1) is 14.7. The predicted molar refractivity (Wildman–Crippen MR) is 85.6 cm³/mol. The van der Waals surface area contributed by atoms with Crippen LogP contribution in [0.25, 0.3) is 0 Å². The van der Waals surface area contributed by atoms with Crippen LogP contribution in [0.1, 0.15) is 19.4 Å². The molecular formula is C17H20ClNO. The monoisotopic (exact) mass is 289 g/mol. The number of benzene rings is 2. The third-order valence-electron chi connectivity index (χ3n) is 2.86. The topological polar surface area (TPSA) is 21.3 Å². The summed E-state index contributed by atoms with van der Waals surface area (Å²) in [6, 6.07) is 15.9. The van der Waals surface area contributed by atoms with Crippen LogP contribution in [0.4, 0.5) is 5.69 Å². The van der Waals surface area contributed by atoms with Gasteiger partial charge in [-0.15, -0.1) is 0 Å². The molecule has 0 radical (unpaired) electrons. The molecule has 2 rings (SSSR count). The van der Waals surface area contributed by atoms with Crippen LogP contribution in [0.5, 0.6) is 5.75 Å². The minimum absolute atomic E-state index is 0.538. The standard InChI is InChI=1S/C17H20ClNO/c1-13(2)12-20-15-9-7-14(8-10-15)11-19-17-6-4-3-5-16(17)18/h3-10,13,19H,11-12H2,1-2H3. The zero-order valence-electron chi connectivity index (χ0n) is 11.9. The highest BCUT2D eigenvalue weighted by atomic mass is 35.5. The highest BCUT2D eigenvalue weighted by Crippen LogP contribution is 2.21. The third-order valence-corrected chi connectivity index (χ3v) is 3.19. The van der Waals surface area contributed by atoms with Crippen molar-refractivity contribution in [2.45, 2.75) is 20.4 Å². The van der Waals surface area contributed by atoms with E-state index in [1.165, 1.54) is 5.56 Å². The van der Waals surface area contributed by atoms with Crippen LogP contribution >= 0.6 is 11.6 Å². The van der Waals surface area contributed by atoms with Crippen LogP contribution in [-0.4, -0.2) is 6.61 Å². The summed E-state index contributed by atoms with van der Waals surface area (Å²) in [6.07, 6.45) is 0. The van der Waals surface area contributed by atoms with E-state index in [4.69, 9.17) is 16.3 Å². The van der Waals surface area contributed by atoms with Gasteiger partial charge in [-0.1, -0.05) is 49.7 Å². The van der Waals surface area contributed by atoms with E-state index in [2.05, 4.69) is 31.3 Å². The molecule has 0 aliphatic rings. The van der Waals surface area contributed by atoms with Crippen molar-refractivity contribution in [3.8, 4) is 5.75 Å². The number of para-hydroxylation sites is 1. The Morgan fingerprint density at radius 1 is 1.05 bits per heavy atom. The van der Waals surface area contributed by atoms with Gasteiger partial charge in [-0.2, -0.15) is 0 Å². The van der Waals surface area contributed by atoms with E-state index in [1.807, 2.05) is 36.4 Å². The Morgan fingerprint density at radius 2 is 1.75 bits per heavy atom. The van der Waals surface area contributed by atoms with Gasteiger partial charge in [-0.3, -0.25) is 0 Å². The van der Waals surface area contributed by atoms with Gasteiger partial charge in [-0.05, 0) is 35.7 Å². The van der Waals surface area contributed by atoms with Gasteiger partial charge in [0.2, 0.25) is 0 Å². The Balaban J connectivity index is 1.89. The molecule has 0 saturated carbocycles. The summed E-state index contributed by atoms with van der Waals surface area (Å²) in [7, 11) is 0. The van der Waals surface area contributed by atoms with Gasteiger partial charge in [0, 0.05) is 6.54 Å². The summed E-state index contributed by atoms with van der Waals surface area (Å²) in [4.78, 5) is 0. The first-order valence-electron chi connectivity index (χ1n) is 6.85. The molecule has 0 aliphatic carbocycles. The molecule has 0 aliphatic heterocycles. The molecule has 0 heterocycles. The lowest BCUT2D eigenvalue weighted by Gasteiger charge is -2.10. The second-order valence-electron chi connectivity index (χ2n) is 5.18. The van der Waals surface area contributed by atoms with E-state index in [-0.39, 0.29) is 0 Å². The van der Waals surface area contributed by atoms with Crippen molar-refractivity contribution in [1.29, 1.82) is 0 Å². The lowest BCUT2D eigenvalue weighted by Crippen LogP contribution is -2.04. The van der Waals surface area contributed by atoms with Crippen molar-refractivity contribution in [2.75, 3.05) is 11.9 Å². The van der Waals surface area contributed by atoms with Gasteiger partial charge in [0.15, 0.2) is 0 Å². The molecular weight excluding hydrogens is 270 g/mol. The molecule has 0 atom stereocenters. The lowest BCUT2D eigenvalue weighted by molar-refractivity contribution is 0.271. The van der Waals surface area contributed by atoms with Crippen LogP contribution < -0.4 is 10.1 Å². The van der Waals surface area contributed by atoms with Crippen molar-refractivity contribution in [1.82, 2.24) is 0 Å². The molecule has 0 aromatic heterocycles. The smallest absolute Gasteiger partial charge is 0.119 e. The zero-order valence-corrected chi connectivity index (χ0v) is 12.7. The molecule has 0 amide bonds. The minimum atomic E-state index is 0.538. The van der Waals surface area contributed by atoms with E-state index in [9.17, 15) is 0 Å². The number of anilines is 1. The maximum atomic E-state index is 6.10. The molecule has 2 aromatic carbocycles. The van der Waals surface area contributed by atoms with Crippen LogP contribution in [0.3, 0.4) is 0 Å². The van der Waals surface area contributed by atoms with Gasteiger partial charge in [0.05, 0.1) is 17.3 Å². The first-order valence-corrected chi connectivity index (χ1v) is 7.23. The van der Waals surface area contributed by atoms with Crippen molar-refractivity contribution in [3.63, 3.8) is 0 Å². The molecule has 1 N–H and O–H groups in total. The van der Waals surface area contributed by atoms with Gasteiger partial charge in [0.1, 0.15) is 5.75 Å². The minimum Gasteiger partial charge on any atom is -0.493 e. The maximum Gasteiger partial charge on any atom is 0.119 e. The average Bonchev–Trinajstić information content (AvgIpc) is 2.45. The second kappa shape index (κ2) is 7.20. The lowest BCUT2D eigenvalue weighted by atomic mass is 10.2. The molecule has 106 valence electrons. The zero-order chi connectivity index (χ0) is 14.4. The fourth-order valence-electron chi connectivity index (χ4n) is 1.77. The van der Waals surface area contributed by atoms with Crippen LogP contribution in [0.2, 0.25) is 5.02 Å². The Labute approximate surface area is 125 Å². The number of hydrogen-bond acceptors (Lipinski definition) is 2. The molecule has 0 spiro atoms. The van der Waals surface area contributed by atoms with E-state index in [1.54, 1.807) is 0 Å². The number of nitrogens with one attached hydrogen (secondary N) is 1. The summed E-state index contributed by atoms with van der Waals surface area (Å²) >= 11 is 6.10. The molecule has 0 bridgehead atoms. The van der Waals surface area contributed by atoms with Crippen molar-refractivity contribution in [2.24, 2.45) is 5.92 Å². The Kier molecular flexibility index (Phi) is 5.31. The van der Waals surface area contributed by atoms with Crippen molar-refractivity contribution >= 4 is 17.3 Å². The van der Waals surface area contributed by atoms with Gasteiger partial charge >= 0.3 is 0 Å². The fraction of sp³-hybridized carbons (Fsp3) is 0.294. The second-order valence-corrected chi connectivity index (χ2v) is 5.59. The van der Waals surface area contributed by atoms with E-state index in [0.29, 0.717) is 5.92 Å². The van der Waals surface area contributed by atoms with Crippen LogP contribution in [0.15, 0.2) is 48.5 Å². The number of hydrogen-bond donors (Lipinski definition) is 1.